The van der Waals surface area contributed by atoms with Crippen molar-refractivity contribution in [2.45, 2.75) is 46.2 Å². The summed E-state index contributed by atoms with van der Waals surface area (Å²) in [6.45, 7) is 13.8. The summed E-state index contributed by atoms with van der Waals surface area (Å²) in [4.78, 5) is 21.3. The van der Waals surface area contributed by atoms with Gasteiger partial charge in [0.15, 0.2) is 5.82 Å². The van der Waals surface area contributed by atoms with Crippen molar-refractivity contribution >= 4 is 28.2 Å². The van der Waals surface area contributed by atoms with Gasteiger partial charge < -0.3 is 14.6 Å². The molecule has 0 radical (unpaired) electrons. The average Bonchev–Trinajstić information content (AvgIpc) is 3.37. The molecule has 10 heteroatoms. The molecule has 1 atom stereocenters. The molecule has 38 heavy (non-hydrogen) atoms. The molecule has 4 aromatic rings. The first-order valence-corrected chi connectivity index (χ1v) is 13.4. The molecule has 3 heterocycles. The van der Waals surface area contributed by atoms with E-state index in [1.165, 1.54) is 5.56 Å². The highest BCUT2D eigenvalue weighted by molar-refractivity contribution is 6.30. The first kappa shape index (κ1) is 26.2. The normalized spacial score (nSPS) is 15.7. The minimum Gasteiger partial charge on any atom is -0.494 e. The standard InChI is InChI=1S/C28H34ClN7O2/c1-6-38-21-9-10-23-19(15-21)16-22(27(37)30-23)25(26-31-32-33-36(26)28(3,4)5)35-13-11-34(12-14-35)24-17-20(29)8-7-18(24)2/h7-10,15-17,25H,6,11-14H2,1-5H3,(H,30,37). The number of aryl methyl sites for hydroxylation is 1. The monoisotopic (exact) mass is 535 g/mol. The predicted molar refractivity (Wildman–Crippen MR) is 150 cm³/mol. The van der Waals surface area contributed by atoms with E-state index in [9.17, 15) is 4.79 Å². The molecular weight excluding hydrogens is 502 g/mol. The van der Waals surface area contributed by atoms with E-state index < -0.39 is 6.04 Å². The molecule has 1 N–H and O–H groups in total. The van der Waals surface area contributed by atoms with Crippen LogP contribution in [-0.2, 0) is 5.54 Å². The Morgan fingerprint density at radius 3 is 2.55 bits per heavy atom. The zero-order chi connectivity index (χ0) is 27.0. The molecule has 2 aromatic carbocycles. The van der Waals surface area contributed by atoms with E-state index in [1.54, 1.807) is 0 Å². The van der Waals surface area contributed by atoms with Gasteiger partial charge in [-0.1, -0.05) is 17.7 Å². The van der Waals surface area contributed by atoms with E-state index in [-0.39, 0.29) is 11.1 Å². The maximum atomic E-state index is 13.5. The second-order valence-corrected chi connectivity index (χ2v) is 11.1. The Bertz CT molecular complexity index is 1500. The number of tetrazole rings is 1. The molecular formula is C28H34ClN7O2. The number of pyridine rings is 1. The first-order chi connectivity index (χ1) is 18.2. The second-order valence-electron chi connectivity index (χ2n) is 10.7. The number of anilines is 1. The van der Waals surface area contributed by atoms with Gasteiger partial charge in [-0.2, -0.15) is 0 Å². The SMILES string of the molecule is CCOc1ccc2[nH]c(=O)c(C(c3nnnn3C(C)(C)C)N3CCN(c4cc(Cl)ccc4C)CC3)cc2c1. The number of hydrogen-bond donors (Lipinski definition) is 1. The zero-order valence-electron chi connectivity index (χ0n) is 22.5. The predicted octanol–water partition coefficient (Wildman–Crippen LogP) is 4.54. The number of aromatic nitrogens is 5. The summed E-state index contributed by atoms with van der Waals surface area (Å²) < 4.78 is 7.54. The number of nitrogens with zero attached hydrogens (tertiary/aromatic N) is 6. The van der Waals surface area contributed by atoms with Crippen LogP contribution in [0.1, 0.15) is 50.7 Å². The fraction of sp³-hybridized carbons (Fsp3) is 0.429. The van der Waals surface area contributed by atoms with Gasteiger partial charge in [0.05, 0.1) is 12.1 Å². The van der Waals surface area contributed by atoms with Crippen LogP contribution in [0.3, 0.4) is 0 Å². The quantitative estimate of drug-likeness (QED) is 0.387. The molecule has 0 bridgehead atoms. The van der Waals surface area contributed by atoms with Crippen LogP contribution in [0.2, 0.25) is 5.02 Å². The van der Waals surface area contributed by atoms with Crippen LogP contribution >= 0.6 is 11.6 Å². The van der Waals surface area contributed by atoms with E-state index >= 15 is 0 Å². The number of rotatable bonds is 6. The summed E-state index contributed by atoms with van der Waals surface area (Å²) in [6, 6.07) is 13.2. The zero-order valence-corrected chi connectivity index (χ0v) is 23.3. The van der Waals surface area contributed by atoms with E-state index in [0.29, 0.717) is 18.0 Å². The Labute approximate surface area is 227 Å². The number of halogens is 1. The van der Waals surface area contributed by atoms with Crippen molar-refractivity contribution in [1.29, 1.82) is 0 Å². The highest BCUT2D eigenvalue weighted by Gasteiger charge is 2.35. The van der Waals surface area contributed by atoms with Gasteiger partial charge in [-0.05, 0) is 87.0 Å². The highest BCUT2D eigenvalue weighted by Crippen LogP contribution is 2.32. The largest absolute Gasteiger partial charge is 0.494 e. The van der Waals surface area contributed by atoms with Gasteiger partial charge in [0, 0.05) is 53.4 Å². The lowest BCUT2D eigenvalue weighted by Crippen LogP contribution is -2.49. The fourth-order valence-corrected chi connectivity index (χ4v) is 5.31. The lowest BCUT2D eigenvalue weighted by atomic mass is 10.0. The Morgan fingerprint density at radius 1 is 1.08 bits per heavy atom. The third-order valence-corrected chi connectivity index (χ3v) is 7.25. The van der Waals surface area contributed by atoms with Crippen LogP contribution in [0.25, 0.3) is 10.9 Å². The van der Waals surface area contributed by atoms with Crippen molar-refractivity contribution < 1.29 is 4.74 Å². The van der Waals surface area contributed by atoms with Gasteiger partial charge in [0.1, 0.15) is 11.8 Å². The number of piperazine rings is 1. The number of nitrogens with one attached hydrogen (secondary N) is 1. The third-order valence-electron chi connectivity index (χ3n) is 7.01. The van der Waals surface area contributed by atoms with Gasteiger partial charge in [-0.25, -0.2) is 4.68 Å². The Kier molecular flexibility index (Phi) is 7.15. The van der Waals surface area contributed by atoms with Gasteiger partial charge in [-0.15, -0.1) is 5.10 Å². The van der Waals surface area contributed by atoms with Crippen molar-refractivity contribution in [1.82, 2.24) is 30.1 Å². The molecule has 0 saturated carbocycles. The van der Waals surface area contributed by atoms with Crippen LogP contribution in [0, 0.1) is 6.92 Å². The van der Waals surface area contributed by atoms with Crippen molar-refractivity contribution in [3.63, 3.8) is 0 Å². The number of hydrogen-bond acceptors (Lipinski definition) is 7. The summed E-state index contributed by atoms with van der Waals surface area (Å²) in [5.41, 5.74) is 3.19. The average molecular weight is 536 g/mol. The van der Waals surface area contributed by atoms with E-state index in [2.05, 4.69) is 64.1 Å². The van der Waals surface area contributed by atoms with Crippen LogP contribution in [0.4, 0.5) is 5.69 Å². The lowest BCUT2D eigenvalue weighted by Gasteiger charge is -2.40. The van der Waals surface area contributed by atoms with E-state index in [4.69, 9.17) is 16.3 Å². The van der Waals surface area contributed by atoms with Gasteiger partial charge >= 0.3 is 0 Å². The molecule has 5 rings (SSSR count). The van der Waals surface area contributed by atoms with Crippen molar-refractivity contribution in [2.75, 3.05) is 37.7 Å². The summed E-state index contributed by atoms with van der Waals surface area (Å²) in [7, 11) is 0. The van der Waals surface area contributed by atoms with Gasteiger partial charge in [0.2, 0.25) is 0 Å². The molecule has 0 spiro atoms. The second kappa shape index (κ2) is 10.4. The topological polar surface area (TPSA) is 92.2 Å². The molecule has 1 aliphatic rings. The third kappa shape index (κ3) is 5.13. The van der Waals surface area contributed by atoms with Gasteiger partial charge in [-0.3, -0.25) is 9.69 Å². The maximum Gasteiger partial charge on any atom is 0.253 e. The van der Waals surface area contributed by atoms with Crippen molar-refractivity contribution in [3.8, 4) is 5.75 Å². The molecule has 2 aromatic heterocycles. The van der Waals surface area contributed by atoms with E-state index in [0.717, 1.165) is 53.5 Å². The molecule has 9 nitrogen and oxygen atoms in total. The van der Waals surface area contributed by atoms with Crippen LogP contribution < -0.4 is 15.2 Å². The molecule has 1 unspecified atom stereocenters. The smallest absolute Gasteiger partial charge is 0.253 e. The van der Waals surface area contributed by atoms with Crippen LogP contribution in [-0.4, -0.2) is 62.9 Å². The maximum absolute atomic E-state index is 13.5. The number of fused-ring (bicyclic) bond motifs is 1. The summed E-state index contributed by atoms with van der Waals surface area (Å²) in [6.07, 6.45) is 0. The van der Waals surface area contributed by atoms with E-state index in [1.807, 2.05) is 48.0 Å². The molecule has 0 aliphatic carbocycles. The lowest BCUT2D eigenvalue weighted by molar-refractivity contribution is 0.190. The minimum atomic E-state index is -0.421. The summed E-state index contributed by atoms with van der Waals surface area (Å²) in [5, 5.41) is 14.4. The minimum absolute atomic E-state index is 0.150. The molecule has 200 valence electrons. The Hall–Kier alpha value is -3.43. The first-order valence-electron chi connectivity index (χ1n) is 13.0. The van der Waals surface area contributed by atoms with Crippen LogP contribution in [0.15, 0.2) is 47.3 Å². The number of ether oxygens (including phenoxy) is 1. The van der Waals surface area contributed by atoms with Crippen LogP contribution in [0.5, 0.6) is 5.75 Å². The van der Waals surface area contributed by atoms with Crippen molar-refractivity contribution in [2.24, 2.45) is 0 Å². The summed E-state index contributed by atoms with van der Waals surface area (Å²) in [5.74, 6) is 1.41. The Balaban J connectivity index is 1.56. The number of H-pyrrole nitrogens is 1. The number of benzene rings is 2. The fourth-order valence-electron chi connectivity index (χ4n) is 5.15. The van der Waals surface area contributed by atoms with Gasteiger partial charge in [0.25, 0.3) is 5.56 Å². The molecule has 0 amide bonds. The molecule has 1 aliphatic heterocycles. The summed E-state index contributed by atoms with van der Waals surface area (Å²) >= 11 is 6.31. The Morgan fingerprint density at radius 2 is 1.84 bits per heavy atom. The van der Waals surface area contributed by atoms with Crippen molar-refractivity contribution in [3.05, 3.63) is 74.8 Å². The molecule has 1 saturated heterocycles. The molecule has 1 fully saturated rings. The number of aromatic amines is 1. The highest BCUT2D eigenvalue weighted by atomic mass is 35.5.